The maximum absolute atomic E-state index is 11.5. The number of carboxylic acids is 1. The standard InChI is InChI=1S/C22H29NO3/c1-3-21(24)23-14-4-5-20(22(25)26)15-17-8-12-19(13-9-17)18-10-6-16(2)7-11-18/h3,8-9,12-13,15-16,18H,1,4-7,10-11,14H2,2H3,(H,23,24)(H,25,26)/b20-15+. The molecule has 26 heavy (non-hydrogen) atoms. The van der Waals surface area contributed by atoms with Crippen LogP contribution in [-0.2, 0) is 9.59 Å². The highest BCUT2D eigenvalue weighted by molar-refractivity contribution is 5.92. The van der Waals surface area contributed by atoms with Gasteiger partial charge < -0.3 is 10.4 Å². The normalized spacial score (nSPS) is 20.4. The molecule has 0 bridgehead atoms. The van der Waals surface area contributed by atoms with E-state index in [9.17, 15) is 14.7 Å². The molecule has 0 aromatic heterocycles. The van der Waals surface area contributed by atoms with Crippen LogP contribution in [0.5, 0.6) is 0 Å². The maximum atomic E-state index is 11.5. The first-order valence-electron chi connectivity index (χ1n) is 9.43. The van der Waals surface area contributed by atoms with Crippen molar-refractivity contribution in [3.63, 3.8) is 0 Å². The SMILES string of the molecule is C=CC(=O)NCCC/C(=C\c1ccc(C2CCC(C)CC2)cc1)C(=O)O. The molecule has 140 valence electrons. The van der Waals surface area contributed by atoms with E-state index in [2.05, 4.69) is 31.0 Å². The molecule has 1 aromatic rings. The molecule has 0 atom stereocenters. The molecule has 0 radical (unpaired) electrons. The number of carbonyl (C=O) groups excluding carboxylic acids is 1. The van der Waals surface area contributed by atoms with Gasteiger partial charge in [0.05, 0.1) is 0 Å². The van der Waals surface area contributed by atoms with Crippen LogP contribution in [0.2, 0.25) is 0 Å². The average Bonchev–Trinajstić information content (AvgIpc) is 2.65. The van der Waals surface area contributed by atoms with E-state index in [4.69, 9.17) is 0 Å². The Balaban J connectivity index is 1.95. The van der Waals surface area contributed by atoms with Gasteiger partial charge in [0, 0.05) is 12.1 Å². The number of aliphatic carboxylic acids is 1. The monoisotopic (exact) mass is 355 g/mol. The fraction of sp³-hybridized carbons (Fsp3) is 0.455. The molecule has 2 N–H and O–H groups in total. The number of benzene rings is 1. The Bertz CT molecular complexity index is 652. The number of carbonyl (C=O) groups is 2. The van der Waals surface area contributed by atoms with Gasteiger partial charge in [-0.05, 0) is 60.8 Å². The van der Waals surface area contributed by atoms with Crippen LogP contribution in [0.15, 0.2) is 42.5 Å². The van der Waals surface area contributed by atoms with Gasteiger partial charge in [0.25, 0.3) is 0 Å². The summed E-state index contributed by atoms with van der Waals surface area (Å²) in [7, 11) is 0. The molecule has 1 aliphatic carbocycles. The van der Waals surface area contributed by atoms with Crippen molar-refractivity contribution in [2.75, 3.05) is 6.54 Å². The topological polar surface area (TPSA) is 66.4 Å². The molecule has 0 saturated heterocycles. The molecule has 0 aliphatic heterocycles. The maximum Gasteiger partial charge on any atom is 0.331 e. The highest BCUT2D eigenvalue weighted by Crippen LogP contribution is 2.35. The number of hydrogen-bond acceptors (Lipinski definition) is 2. The summed E-state index contributed by atoms with van der Waals surface area (Å²) in [4.78, 5) is 22.6. The van der Waals surface area contributed by atoms with Gasteiger partial charge in [0.15, 0.2) is 0 Å². The van der Waals surface area contributed by atoms with Crippen LogP contribution in [0, 0.1) is 5.92 Å². The van der Waals surface area contributed by atoms with Crippen molar-refractivity contribution in [1.82, 2.24) is 5.32 Å². The van der Waals surface area contributed by atoms with Gasteiger partial charge in [0.1, 0.15) is 0 Å². The zero-order valence-corrected chi connectivity index (χ0v) is 15.5. The summed E-state index contributed by atoms with van der Waals surface area (Å²) in [6, 6.07) is 8.29. The van der Waals surface area contributed by atoms with Gasteiger partial charge in [-0.2, -0.15) is 0 Å². The second kappa shape index (κ2) is 9.95. The minimum atomic E-state index is -0.912. The predicted molar refractivity (Wildman–Crippen MR) is 105 cm³/mol. The summed E-state index contributed by atoms with van der Waals surface area (Å²) in [6.07, 6.45) is 8.99. The number of rotatable bonds is 8. The summed E-state index contributed by atoms with van der Waals surface area (Å²) >= 11 is 0. The van der Waals surface area contributed by atoms with E-state index < -0.39 is 5.97 Å². The summed E-state index contributed by atoms with van der Waals surface area (Å²) in [5.74, 6) is 0.323. The Hall–Kier alpha value is -2.36. The lowest BCUT2D eigenvalue weighted by Gasteiger charge is -2.26. The smallest absolute Gasteiger partial charge is 0.331 e. The first kappa shape index (κ1) is 20.0. The van der Waals surface area contributed by atoms with Crippen LogP contribution in [0.4, 0.5) is 0 Å². The summed E-state index contributed by atoms with van der Waals surface area (Å²) < 4.78 is 0. The van der Waals surface area contributed by atoms with Crippen molar-refractivity contribution in [2.24, 2.45) is 5.92 Å². The molecule has 0 heterocycles. The third-order valence-corrected chi connectivity index (χ3v) is 5.15. The molecule has 1 saturated carbocycles. The fourth-order valence-electron chi connectivity index (χ4n) is 3.46. The Morgan fingerprint density at radius 2 is 1.85 bits per heavy atom. The van der Waals surface area contributed by atoms with E-state index in [1.54, 1.807) is 6.08 Å². The molecule has 4 heteroatoms. The number of carboxylic acid groups (broad SMARTS) is 1. The van der Waals surface area contributed by atoms with E-state index in [0.29, 0.717) is 30.9 Å². The van der Waals surface area contributed by atoms with E-state index in [1.807, 2.05) is 12.1 Å². The van der Waals surface area contributed by atoms with Gasteiger partial charge in [-0.1, -0.05) is 50.6 Å². The molecule has 2 rings (SSSR count). The molecule has 0 spiro atoms. The molecule has 4 nitrogen and oxygen atoms in total. The Labute approximate surface area is 156 Å². The lowest BCUT2D eigenvalue weighted by molar-refractivity contribution is -0.132. The molecule has 0 unspecified atom stereocenters. The molecule has 1 amide bonds. The summed E-state index contributed by atoms with van der Waals surface area (Å²) in [5, 5.41) is 12.1. The largest absolute Gasteiger partial charge is 0.478 e. The van der Waals surface area contributed by atoms with Crippen molar-refractivity contribution in [1.29, 1.82) is 0 Å². The second-order valence-corrected chi connectivity index (χ2v) is 7.20. The Morgan fingerprint density at radius 1 is 1.19 bits per heavy atom. The molecule has 1 aromatic carbocycles. The molecular weight excluding hydrogens is 326 g/mol. The van der Waals surface area contributed by atoms with Crippen molar-refractivity contribution in [2.45, 2.75) is 51.4 Å². The van der Waals surface area contributed by atoms with Crippen LogP contribution >= 0.6 is 0 Å². The molecular formula is C22H29NO3. The molecule has 1 fully saturated rings. The number of hydrogen-bond donors (Lipinski definition) is 2. The van der Waals surface area contributed by atoms with E-state index in [-0.39, 0.29) is 5.91 Å². The number of amides is 1. The van der Waals surface area contributed by atoms with Gasteiger partial charge in [0.2, 0.25) is 5.91 Å². The van der Waals surface area contributed by atoms with Crippen molar-refractivity contribution in [3.05, 3.63) is 53.6 Å². The quantitative estimate of drug-likeness (QED) is 0.532. The van der Waals surface area contributed by atoms with Crippen LogP contribution in [0.1, 0.15) is 62.5 Å². The first-order chi connectivity index (χ1) is 12.5. The van der Waals surface area contributed by atoms with Gasteiger partial charge in [-0.25, -0.2) is 4.79 Å². The van der Waals surface area contributed by atoms with Crippen molar-refractivity contribution in [3.8, 4) is 0 Å². The van der Waals surface area contributed by atoms with Crippen LogP contribution < -0.4 is 5.32 Å². The third kappa shape index (κ3) is 6.17. The van der Waals surface area contributed by atoms with Crippen LogP contribution in [0.25, 0.3) is 6.08 Å². The molecule has 1 aliphatic rings. The predicted octanol–water partition coefficient (Wildman–Crippen LogP) is 4.53. The highest BCUT2D eigenvalue weighted by Gasteiger charge is 2.19. The zero-order valence-electron chi connectivity index (χ0n) is 15.5. The zero-order chi connectivity index (χ0) is 18.9. The van der Waals surface area contributed by atoms with Crippen LogP contribution in [-0.4, -0.2) is 23.5 Å². The van der Waals surface area contributed by atoms with Gasteiger partial charge in [-0.3, -0.25) is 4.79 Å². The van der Waals surface area contributed by atoms with Gasteiger partial charge in [-0.15, -0.1) is 0 Å². The third-order valence-electron chi connectivity index (χ3n) is 5.15. The lowest BCUT2D eigenvalue weighted by Crippen LogP contribution is -2.22. The van der Waals surface area contributed by atoms with Crippen LogP contribution in [0.3, 0.4) is 0 Å². The summed E-state index contributed by atoms with van der Waals surface area (Å²) in [5.41, 5.74) is 2.63. The highest BCUT2D eigenvalue weighted by atomic mass is 16.4. The van der Waals surface area contributed by atoms with Crippen molar-refractivity contribution >= 4 is 18.0 Å². The van der Waals surface area contributed by atoms with Gasteiger partial charge >= 0.3 is 5.97 Å². The van der Waals surface area contributed by atoms with Crippen molar-refractivity contribution < 1.29 is 14.7 Å². The Morgan fingerprint density at radius 3 is 2.42 bits per heavy atom. The van der Waals surface area contributed by atoms with E-state index in [1.165, 1.54) is 37.3 Å². The second-order valence-electron chi connectivity index (χ2n) is 7.20. The fourth-order valence-corrected chi connectivity index (χ4v) is 3.46. The van der Waals surface area contributed by atoms with E-state index >= 15 is 0 Å². The minimum Gasteiger partial charge on any atom is -0.478 e. The average molecular weight is 355 g/mol. The minimum absolute atomic E-state index is 0.237. The van der Waals surface area contributed by atoms with E-state index in [0.717, 1.165) is 11.5 Å². The Kier molecular flexibility index (Phi) is 7.64. The summed E-state index contributed by atoms with van der Waals surface area (Å²) in [6.45, 7) is 6.14. The first-order valence-corrected chi connectivity index (χ1v) is 9.43. The lowest BCUT2D eigenvalue weighted by atomic mass is 9.79. The number of nitrogens with one attached hydrogen (secondary N) is 1.